The highest BCUT2D eigenvalue weighted by Gasteiger charge is 2.16. The highest BCUT2D eigenvalue weighted by molar-refractivity contribution is 5.96. The lowest BCUT2D eigenvalue weighted by Crippen LogP contribution is -2.33. The number of aliphatic hydroxyl groups is 1. The number of ether oxygens (including phenoxy) is 1. The fourth-order valence-electron chi connectivity index (χ4n) is 2.08. The summed E-state index contributed by atoms with van der Waals surface area (Å²) in [6.07, 6.45) is -1.68. The van der Waals surface area contributed by atoms with Crippen molar-refractivity contribution in [2.24, 2.45) is 0 Å². The van der Waals surface area contributed by atoms with Crippen LogP contribution in [0.25, 0.3) is 0 Å². The first-order valence-corrected chi connectivity index (χ1v) is 7.42. The van der Waals surface area contributed by atoms with E-state index in [1.54, 1.807) is 0 Å². The highest BCUT2D eigenvalue weighted by atomic mass is 19.3. The molecule has 5 nitrogen and oxygen atoms in total. The van der Waals surface area contributed by atoms with E-state index in [1.807, 2.05) is 30.3 Å². The van der Waals surface area contributed by atoms with Gasteiger partial charge in [0.05, 0.1) is 6.10 Å². The molecule has 0 bridgehead atoms. The minimum atomic E-state index is -2.66. The summed E-state index contributed by atoms with van der Waals surface area (Å²) >= 11 is 0. The number of alkyl halides is 2. The molecular weight excluding hydrogens is 318 g/mol. The molecule has 0 radical (unpaired) electrons. The van der Waals surface area contributed by atoms with Crippen LogP contribution in [0, 0.1) is 0 Å². The van der Waals surface area contributed by atoms with E-state index in [0.29, 0.717) is 6.42 Å². The summed E-state index contributed by atoms with van der Waals surface area (Å²) in [5.41, 5.74) is 0.992. The number of nitrogens with one attached hydrogen (secondary N) is 1. The second-order valence-corrected chi connectivity index (χ2v) is 5.11. The molecule has 128 valence electrons. The van der Waals surface area contributed by atoms with Gasteiger partial charge in [0, 0.05) is 19.2 Å². The third-order valence-corrected chi connectivity index (χ3v) is 3.17. The number of aromatic nitrogens is 1. The summed E-state index contributed by atoms with van der Waals surface area (Å²) in [5, 5.41) is 12.5. The number of hydrogen-bond acceptors (Lipinski definition) is 4. The molecule has 0 fully saturated rings. The van der Waals surface area contributed by atoms with Crippen molar-refractivity contribution in [1.82, 2.24) is 10.3 Å². The fourth-order valence-corrected chi connectivity index (χ4v) is 2.08. The average Bonchev–Trinajstić information content (AvgIpc) is 2.59. The van der Waals surface area contributed by atoms with Gasteiger partial charge in [0.1, 0.15) is 5.56 Å². The van der Waals surface area contributed by atoms with Gasteiger partial charge in [-0.15, -0.1) is 0 Å². The van der Waals surface area contributed by atoms with Crippen molar-refractivity contribution in [2.45, 2.75) is 19.0 Å². The molecule has 1 amide bonds. The number of carbonyl (C=O) groups is 1. The molecule has 1 atom stereocenters. The number of hydrogen-bond donors (Lipinski definition) is 2. The summed E-state index contributed by atoms with van der Waals surface area (Å²) in [4.78, 5) is 15.9. The SMILES string of the molecule is O=C(NCC(O)Cc1ccccc1)c1cccnc1OCC(F)F. The minimum absolute atomic E-state index is 0.0247. The molecule has 2 N–H and O–H groups in total. The Hall–Kier alpha value is -2.54. The Morgan fingerprint density at radius 2 is 1.96 bits per heavy atom. The van der Waals surface area contributed by atoms with Crippen molar-refractivity contribution in [2.75, 3.05) is 13.2 Å². The molecule has 0 saturated heterocycles. The summed E-state index contributed by atoms with van der Waals surface area (Å²) < 4.78 is 29.3. The van der Waals surface area contributed by atoms with Gasteiger partial charge < -0.3 is 15.2 Å². The van der Waals surface area contributed by atoms with Crippen molar-refractivity contribution in [3.63, 3.8) is 0 Å². The summed E-state index contributed by atoms with van der Waals surface area (Å²) in [6, 6.07) is 12.3. The van der Waals surface area contributed by atoms with Crippen LogP contribution in [0.5, 0.6) is 5.88 Å². The number of amides is 1. The number of nitrogens with zero attached hydrogens (tertiary/aromatic N) is 1. The number of aliphatic hydroxyl groups excluding tert-OH is 1. The lowest BCUT2D eigenvalue weighted by molar-refractivity contribution is 0.0768. The van der Waals surface area contributed by atoms with Crippen LogP contribution < -0.4 is 10.1 Å². The monoisotopic (exact) mass is 336 g/mol. The van der Waals surface area contributed by atoms with E-state index in [9.17, 15) is 18.7 Å². The van der Waals surface area contributed by atoms with Crippen molar-refractivity contribution < 1.29 is 23.4 Å². The molecule has 2 rings (SSSR count). The van der Waals surface area contributed by atoms with Gasteiger partial charge in [-0.3, -0.25) is 4.79 Å². The molecule has 7 heteroatoms. The maximum absolute atomic E-state index is 12.2. The molecule has 0 aliphatic rings. The Labute approximate surface area is 138 Å². The Balaban J connectivity index is 1.90. The van der Waals surface area contributed by atoms with Crippen LogP contribution in [-0.2, 0) is 6.42 Å². The van der Waals surface area contributed by atoms with Gasteiger partial charge in [-0.1, -0.05) is 30.3 Å². The normalized spacial score (nSPS) is 12.0. The summed E-state index contributed by atoms with van der Waals surface area (Å²) in [7, 11) is 0. The van der Waals surface area contributed by atoms with Crippen LogP contribution in [0.2, 0.25) is 0 Å². The second kappa shape index (κ2) is 8.93. The van der Waals surface area contributed by atoms with Crippen LogP contribution in [0.3, 0.4) is 0 Å². The van der Waals surface area contributed by atoms with Crippen molar-refractivity contribution >= 4 is 5.91 Å². The molecule has 1 aromatic carbocycles. The largest absolute Gasteiger partial charge is 0.471 e. The molecule has 1 heterocycles. The van der Waals surface area contributed by atoms with Crippen LogP contribution in [0.15, 0.2) is 48.7 Å². The van der Waals surface area contributed by atoms with E-state index in [4.69, 9.17) is 4.74 Å². The fraction of sp³-hybridized carbons (Fsp3) is 0.294. The maximum atomic E-state index is 12.2. The Morgan fingerprint density at radius 1 is 1.21 bits per heavy atom. The van der Waals surface area contributed by atoms with E-state index < -0.39 is 25.0 Å². The molecular formula is C17H18F2N2O3. The molecule has 0 saturated carbocycles. The molecule has 1 aromatic heterocycles. The third-order valence-electron chi connectivity index (χ3n) is 3.17. The predicted octanol–water partition coefficient (Wildman–Crippen LogP) is 2.06. The van der Waals surface area contributed by atoms with E-state index >= 15 is 0 Å². The van der Waals surface area contributed by atoms with Crippen LogP contribution in [0.1, 0.15) is 15.9 Å². The molecule has 2 aromatic rings. The van der Waals surface area contributed by atoms with Gasteiger partial charge in [-0.2, -0.15) is 0 Å². The van der Waals surface area contributed by atoms with Crippen molar-refractivity contribution in [1.29, 1.82) is 0 Å². The van der Waals surface area contributed by atoms with Gasteiger partial charge in [0.2, 0.25) is 5.88 Å². The van der Waals surface area contributed by atoms with Gasteiger partial charge in [-0.25, -0.2) is 13.8 Å². The van der Waals surface area contributed by atoms with Crippen LogP contribution in [-0.4, -0.2) is 41.7 Å². The minimum Gasteiger partial charge on any atom is -0.471 e. The third kappa shape index (κ3) is 5.58. The number of benzene rings is 1. The van der Waals surface area contributed by atoms with E-state index in [1.165, 1.54) is 18.3 Å². The van der Waals surface area contributed by atoms with Crippen molar-refractivity contribution in [3.05, 3.63) is 59.8 Å². The first kappa shape index (κ1) is 17.8. The van der Waals surface area contributed by atoms with Crippen LogP contribution in [0.4, 0.5) is 8.78 Å². The molecule has 1 unspecified atom stereocenters. The Morgan fingerprint density at radius 3 is 2.67 bits per heavy atom. The smallest absolute Gasteiger partial charge is 0.272 e. The van der Waals surface area contributed by atoms with E-state index in [2.05, 4.69) is 10.3 Å². The zero-order valence-electron chi connectivity index (χ0n) is 12.9. The first-order chi connectivity index (χ1) is 11.6. The Kier molecular flexibility index (Phi) is 6.62. The van der Waals surface area contributed by atoms with Gasteiger partial charge in [0.25, 0.3) is 12.3 Å². The summed E-state index contributed by atoms with van der Waals surface area (Å²) in [6.45, 7) is -0.815. The lowest BCUT2D eigenvalue weighted by Gasteiger charge is -2.13. The van der Waals surface area contributed by atoms with Gasteiger partial charge >= 0.3 is 0 Å². The zero-order chi connectivity index (χ0) is 17.4. The predicted molar refractivity (Wildman–Crippen MR) is 84.2 cm³/mol. The first-order valence-electron chi connectivity index (χ1n) is 7.42. The molecule has 24 heavy (non-hydrogen) atoms. The van der Waals surface area contributed by atoms with E-state index in [0.717, 1.165) is 5.56 Å². The van der Waals surface area contributed by atoms with Crippen LogP contribution >= 0.6 is 0 Å². The zero-order valence-corrected chi connectivity index (χ0v) is 12.9. The number of rotatable bonds is 8. The lowest BCUT2D eigenvalue weighted by atomic mass is 10.1. The standard InChI is InChI=1S/C17H18F2N2O3/c18-15(19)11-24-17-14(7-4-8-20-17)16(23)21-10-13(22)9-12-5-2-1-3-6-12/h1-8,13,15,22H,9-11H2,(H,21,23). The van der Waals surface area contributed by atoms with Crippen molar-refractivity contribution in [3.8, 4) is 5.88 Å². The number of halogens is 2. The molecule has 0 aliphatic heterocycles. The Bertz CT molecular complexity index is 653. The average molecular weight is 336 g/mol. The second-order valence-electron chi connectivity index (χ2n) is 5.11. The number of pyridine rings is 1. The highest BCUT2D eigenvalue weighted by Crippen LogP contribution is 2.15. The van der Waals surface area contributed by atoms with Gasteiger partial charge in [0.15, 0.2) is 6.61 Å². The van der Waals surface area contributed by atoms with E-state index in [-0.39, 0.29) is 18.0 Å². The quantitative estimate of drug-likeness (QED) is 0.774. The number of carbonyl (C=O) groups excluding carboxylic acids is 1. The molecule has 0 aliphatic carbocycles. The maximum Gasteiger partial charge on any atom is 0.272 e. The topological polar surface area (TPSA) is 71.5 Å². The molecule has 0 spiro atoms. The summed E-state index contributed by atoms with van der Waals surface area (Å²) in [5.74, 6) is -0.702. The van der Waals surface area contributed by atoms with Gasteiger partial charge in [-0.05, 0) is 17.7 Å².